The van der Waals surface area contributed by atoms with Crippen molar-refractivity contribution in [3.63, 3.8) is 0 Å². The third-order valence-electron chi connectivity index (χ3n) is 5.86. The second-order valence-electron chi connectivity index (χ2n) is 7.66. The van der Waals surface area contributed by atoms with Crippen LogP contribution in [0, 0.1) is 23.7 Å². The molecule has 1 aliphatic heterocycles. The second kappa shape index (κ2) is 9.95. The summed E-state index contributed by atoms with van der Waals surface area (Å²) in [6.45, 7) is 7.29. The van der Waals surface area contributed by atoms with Gasteiger partial charge < -0.3 is 9.47 Å². The Bertz CT molecular complexity index is 606. The highest BCUT2D eigenvalue weighted by Gasteiger charge is 2.31. The molecule has 1 aliphatic carbocycles. The zero-order valence-electron chi connectivity index (χ0n) is 16.1. The van der Waals surface area contributed by atoms with Crippen LogP contribution in [0.4, 0.5) is 0 Å². The summed E-state index contributed by atoms with van der Waals surface area (Å²) in [6, 6.07) is 8.46. The van der Waals surface area contributed by atoms with Crippen molar-refractivity contribution in [1.82, 2.24) is 0 Å². The van der Waals surface area contributed by atoms with E-state index in [0.717, 1.165) is 24.3 Å². The zero-order valence-corrected chi connectivity index (χ0v) is 16.1. The number of ether oxygens (including phenoxy) is 2. The molecule has 2 unspecified atom stereocenters. The largest absolute Gasteiger partial charge is 0.372 e. The standard InChI is InChI=1S/C24H32O2/c1-3-5-6-20-11-14-22(15-12-20)24-18-25-23(17-26-24)16-13-21-9-7-19(4-2)8-10-21/h3,7-10,20,22-24H,1,4-6,11-12,14-15,17-18H2,2H3/t20-,22-,23?,24?. The van der Waals surface area contributed by atoms with E-state index >= 15 is 0 Å². The summed E-state index contributed by atoms with van der Waals surface area (Å²) in [5.41, 5.74) is 2.39. The maximum atomic E-state index is 6.13. The molecule has 2 nitrogen and oxygen atoms in total. The zero-order chi connectivity index (χ0) is 18.2. The summed E-state index contributed by atoms with van der Waals surface area (Å²) in [4.78, 5) is 0. The average Bonchev–Trinajstić information content (AvgIpc) is 2.72. The van der Waals surface area contributed by atoms with Gasteiger partial charge in [0.05, 0.1) is 19.3 Å². The Morgan fingerprint density at radius 2 is 1.85 bits per heavy atom. The van der Waals surface area contributed by atoms with Gasteiger partial charge in [0.1, 0.15) is 6.10 Å². The number of hydrogen-bond acceptors (Lipinski definition) is 2. The summed E-state index contributed by atoms with van der Waals surface area (Å²) in [5.74, 6) is 7.98. The third kappa shape index (κ3) is 5.47. The van der Waals surface area contributed by atoms with Crippen molar-refractivity contribution in [2.24, 2.45) is 11.8 Å². The van der Waals surface area contributed by atoms with Crippen LogP contribution in [0.5, 0.6) is 0 Å². The first-order valence-electron chi connectivity index (χ1n) is 10.2. The smallest absolute Gasteiger partial charge is 0.141 e. The molecule has 0 bridgehead atoms. The lowest BCUT2D eigenvalue weighted by molar-refractivity contribution is -0.138. The topological polar surface area (TPSA) is 18.5 Å². The Morgan fingerprint density at radius 1 is 1.08 bits per heavy atom. The van der Waals surface area contributed by atoms with Crippen molar-refractivity contribution in [2.75, 3.05) is 13.2 Å². The molecule has 1 saturated heterocycles. The van der Waals surface area contributed by atoms with Crippen LogP contribution in [-0.4, -0.2) is 25.4 Å². The molecule has 140 valence electrons. The molecule has 1 aromatic carbocycles. The molecule has 2 atom stereocenters. The van der Waals surface area contributed by atoms with E-state index in [9.17, 15) is 0 Å². The van der Waals surface area contributed by atoms with Crippen LogP contribution in [0.1, 0.15) is 56.6 Å². The summed E-state index contributed by atoms with van der Waals surface area (Å²) in [6.07, 6.45) is 10.9. The summed E-state index contributed by atoms with van der Waals surface area (Å²) < 4.78 is 12.1. The highest BCUT2D eigenvalue weighted by atomic mass is 16.6. The van der Waals surface area contributed by atoms with Gasteiger partial charge in [-0.1, -0.05) is 49.8 Å². The SMILES string of the molecule is C=CCC[C@H]1CC[C@H](C2COC(C#Cc3ccc(CC)cc3)CO2)CC1. The highest BCUT2D eigenvalue weighted by Crippen LogP contribution is 2.35. The van der Waals surface area contributed by atoms with Crippen molar-refractivity contribution in [3.05, 3.63) is 48.0 Å². The monoisotopic (exact) mass is 352 g/mol. The van der Waals surface area contributed by atoms with Crippen LogP contribution < -0.4 is 0 Å². The highest BCUT2D eigenvalue weighted by molar-refractivity contribution is 5.36. The van der Waals surface area contributed by atoms with Crippen molar-refractivity contribution in [3.8, 4) is 11.8 Å². The summed E-state index contributed by atoms with van der Waals surface area (Å²) >= 11 is 0. The van der Waals surface area contributed by atoms with Crippen LogP contribution in [0.15, 0.2) is 36.9 Å². The lowest BCUT2D eigenvalue weighted by Gasteiger charge is -2.36. The maximum absolute atomic E-state index is 6.13. The second-order valence-corrected chi connectivity index (χ2v) is 7.66. The van der Waals surface area contributed by atoms with Crippen LogP contribution in [0.25, 0.3) is 0 Å². The lowest BCUT2D eigenvalue weighted by atomic mass is 9.77. The quantitative estimate of drug-likeness (QED) is 0.538. The fourth-order valence-electron chi connectivity index (χ4n) is 4.06. The molecule has 2 heteroatoms. The van der Waals surface area contributed by atoms with Gasteiger partial charge in [0, 0.05) is 5.56 Å². The van der Waals surface area contributed by atoms with Crippen LogP contribution >= 0.6 is 0 Å². The molecule has 2 fully saturated rings. The molecule has 0 amide bonds. The fourth-order valence-corrected chi connectivity index (χ4v) is 4.06. The molecule has 1 aromatic rings. The molecule has 0 N–H and O–H groups in total. The van der Waals surface area contributed by atoms with Crippen LogP contribution in [0.3, 0.4) is 0 Å². The molecule has 26 heavy (non-hydrogen) atoms. The van der Waals surface area contributed by atoms with E-state index < -0.39 is 0 Å². The molecule has 0 radical (unpaired) electrons. The van der Waals surface area contributed by atoms with Gasteiger partial charge in [0.2, 0.25) is 0 Å². The van der Waals surface area contributed by atoms with E-state index in [4.69, 9.17) is 9.47 Å². The third-order valence-corrected chi connectivity index (χ3v) is 5.86. The molecule has 0 aromatic heterocycles. The molecule has 1 heterocycles. The van der Waals surface area contributed by atoms with Gasteiger partial charge >= 0.3 is 0 Å². The van der Waals surface area contributed by atoms with Crippen molar-refractivity contribution in [1.29, 1.82) is 0 Å². The minimum atomic E-state index is -0.0963. The van der Waals surface area contributed by atoms with E-state index in [1.807, 2.05) is 6.08 Å². The van der Waals surface area contributed by atoms with Gasteiger partial charge in [-0.05, 0) is 61.6 Å². The minimum Gasteiger partial charge on any atom is -0.372 e. The average molecular weight is 353 g/mol. The number of allylic oxidation sites excluding steroid dienone is 1. The fraction of sp³-hybridized carbons (Fsp3) is 0.583. The van der Waals surface area contributed by atoms with Gasteiger partial charge in [-0.25, -0.2) is 0 Å². The van der Waals surface area contributed by atoms with Gasteiger partial charge in [0.15, 0.2) is 0 Å². The molecular weight excluding hydrogens is 320 g/mol. The maximum Gasteiger partial charge on any atom is 0.141 e. The molecule has 3 rings (SSSR count). The Balaban J connectivity index is 1.42. The Hall–Kier alpha value is -1.56. The van der Waals surface area contributed by atoms with Crippen molar-refractivity contribution < 1.29 is 9.47 Å². The number of aryl methyl sites for hydroxylation is 1. The van der Waals surface area contributed by atoms with E-state index in [1.165, 1.54) is 37.7 Å². The van der Waals surface area contributed by atoms with Gasteiger partial charge in [-0.2, -0.15) is 0 Å². The molecule has 1 saturated carbocycles. The van der Waals surface area contributed by atoms with Gasteiger partial charge in [-0.15, -0.1) is 6.58 Å². The molecule has 0 spiro atoms. The Morgan fingerprint density at radius 3 is 2.46 bits per heavy atom. The Labute approximate surface area is 159 Å². The first kappa shape index (κ1) is 19.2. The predicted molar refractivity (Wildman–Crippen MR) is 107 cm³/mol. The first-order valence-corrected chi connectivity index (χ1v) is 10.2. The minimum absolute atomic E-state index is 0.0963. The summed E-state index contributed by atoms with van der Waals surface area (Å²) in [5, 5.41) is 0. The van der Waals surface area contributed by atoms with Crippen LogP contribution in [-0.2, 0) is 15.9 Å². The number of rotatable bonds is 5. The van der Waals surface area contributed by atoms with E-state index in [1.54, 1.807) is 0 Å². The molecular formula is C24H32O2. The predicted octanol–water partition coefficient (Wildman–Crippen LogP) is 5.16. The number of benzene rings is 1. The van der Waals surface area contributed by atoms with E-state index in [2.05, 4.69) is 49.6 Å². The van der Waals surface area contributed by atoms with Gasteiger partial charge in [-0.3, -0.25) is 0 Å². The van der Waals surface area contributed by atoms with E-state index in [-0.39, 0.29) is 12.2 Å². The normalized spacial score (nSPS) is 28.8. The lowest BCUT2D eigenvalue weighted by Crippen LogP contribution is -2.40. The van der Waals surface area contributed by atoms with Crippen molar-refractivity contribution >= 4 is 0 Å². The number of hydrogen-bond donors (Lipinski definition) is 0. The van der Waals surface area contributed by atoms with Crippen molar-refractivity contribution in [2.45, 2.75) is 64.1 Å². The summed E-state index contributed by atoms with van der Waals surface area (Å²) in [7, 11) is 0. The molecule has 2 aliphatic rings. The van der Waals surface area contributed by atoms with Gasteiger partial charge in [0.25, 0.3) is 0 Å². The van der Waals surface area contributed by atoms with Crippen LogP contribution in [0.2, 0.25) is 0 Å². The Kier molecular flexibility index (Phi) is 7.35. The van der Waals surface area contributed by atoms with E-state index in [0.29, 0.717) is 19.1 Å². The first-order chi connectivity index (χ1) is 12.8.